The minimum absolute atomic E-state index is 0.0247. The van der Waals surface area contributed by atoms with E-state index in [1.165, 1.54) is 0 Å². The summed E-state index contributed by atoms with van der Waals surface area (Å²) in [5, 5.41) is 22.4. The molecule has 0 radical (unpaired) electrons. The molecule has 0 unspecified atom stereocenters. The lowest BCUT2D eigenvalue weighted by atomic mass is 10.0. The van der Waals surface area contributed by atoms with Gasteiger partial charge in [0.25, 0.3) is 0 Å². The number of thioether (sulfide) groups is 1. The fraction of sp³-hybridized carbons (Fsp3) is 0.529. The standard InChI is InChI=1S/C34H44N6O6S/c1-7-24-25(19-35)30(39-31(26(24)20-36)47-28(29(37)41)22-11-9-8-10-12-22)40-15-13-23(14-16-40)44-17-18-45-32(42)27(21(2)3)38-33(43)46-34(4,5)6/h8-12,21,23,27-28H,7,13-18H2,1-6H3,(H2,37,41)(H,38,43)/t27-,28-/m0/s1. The number of nitrogens with one attached hydrogen (secondary N) is 1. The molecule has 2 atom stereocenters. The molecule has 13 heteroatoms. The zero-order chi connectivity index (χ0) is 34.7. The third kappa shape index (κ3) is 10.3. The van der Waals surface area contributed by atoms with E-state index in [-0.39, 0.29) is 30.8 Å². The number of carbonyl (C=O) groups excluding carboxylic acids is 3. The second-order valence-corrected chi connectivity index (χ2v) is 13.5. The number of esters is 1. The second-order valence-electron chi connectivity index (χ2n) is 12.4. The number of anilines is 1. The molecule has 2 amide bonds. The number of piperidine rings is 1. The van der Waals surface area contributed by atoms with Crippen LogP contribution in [-0.2, 0) is 30.2 Å². The number of benzene rings is 1. The van der Waals surface area contributed by atoms with Crippen LogP contribution in [0.4, 0.5) is 10.6 Å². The summed E-state index contributed by atoms with van der Waals surface area (Å²) in [6.07, 6.45) is 0.907. The molecule has 3 N–H and O–H groups in total. The largest absolute Gasteiger partial charge is 0.462 e. The third-order valence-electron chi connectivity index (χ3n) is 7.43. The van der Waals surface area contributed by atoms with E-state index in [0.29, 0.717) is 59.9 Å². The van der Waals surface area contributed by atoms with Crippen LogP contribution in [0.3, 0.4) is 0 Å². The highest BCUT2D eigenvalue weighted by Crippen LogP contribution is 2.40. The number of hydrogen-bond acceptors (Lipinski definition) is 11. The Morgan fingerprint density at radius 3 is 2.26 bits per heavy atom. The van der Waals surface area contributed by atoms with Crippen LogP contribution in [0.1, 0.15) is 81.9 Å². The number of aromatic nitrogens is 1. The monoisotopic (exact) mass is 664 g/mol. The van der Waals surface area contributed by atoms with Crippen molar-refractivity contribution in [3.63, 3.8) is 0 Å². The molecule has 0 bridgehead atoms. The molecule has 12 nitrogen and oxygen atoms in total. The van der Waals surface area contributed by atoms with Crippen LogP contribution in [-0.4, -0.2) is 67.0 Å². The van der Waals surface area contributed by atoms with Crippen LogP contribution in [0, 0.1) is 28.6 Å². The summed E-state index contributed by atoms with van der Waals surface area (Å²) in [7, 11) is 0. The van der Waals surface area contributed by atoms with Crippen molar-refractivity contribution in [2.45, 2.75) is 88.8 Å². The van der Waals surface area contributed by atoms with Gasteiger partial charge in [0.1, 0.15) is 46.5 Å². The molecule has 252 valence electrons. The van der Waals surface area contributed by atoms with Gasteiger partial charge >= 0.3 is 12.1 Å². The van der Waals surface area contributed by atoms with Crippen molar-refractivity contribution >= 4 is 35.5 Å². The van der Waals surface area contributed by atoms with Gasteiger partial charge in [0, 0.05) is 13.1 Å². The van der Waals surface area contributed by atoms with Crippen LogP contribution in [0.5, 0.6) is 0 Å². The number of nitrogens with zero attached hydrogens (tertiary/aromatic N) is 4. The molecular weight excluding hydrogens is 620 g/mol. The van der Waals surface area contributed by atoms with Crippen molar-refractivity contribution in [2.75, 3.05) is 31.2 Å². The smallest absolute Gasteiger partial charge is 0.408 e. The highest BCUT2D eigenvalue weighted by atomic mass is 32.2. The molecule has 2 heterocycles. The van der Waals surface area contributed by atoms with Crippen molar-refractivity contribution in [3.8, 4) is 12.1 Å². The fourth-order valence-corrected chi connectivity index (χ4v) is 6.20. The maximum Gasteiger partial charge on any atom is 0.408 e. The summed E-state index contributed by atoms with van der Waals surface area (Å²) in [5.74, 6) is -0.863. The predicted molar refractivity (Wildman–Crippen MR) is 177 cm³/mol. The van der Waals surface area contributed by atoms with E-state index in [0.717, 1.165) is 11.8 Å². The van der Waals surface area contributed by atoms with E-state index >= 15 is 0 Å². The number of amides is 2. The number of alkyl carbamates (subject to hydrolysis) is 1. The molecule has 0 spiro atoms. The summed E-state index contributed by atoms with van der Waals surface area (Å²) >= 11 is 1.11. The average Bonchev–Trinajstić information content (AvgIpc) is 3.03. The third-order valence-corrected chi connectivity index (χ3v) is 8.69. The number of rotatable bonds is 13. The van der Waals surface area contributed by atoms with Gasteiger partial charge < -0.3 is 30.2 Å². The second kappa shape index (κ2) is 17.0. The van der Waals surface area contributed by atoms with Crippen molar-refractivity contribution in [2.24, 2.45) is 11.7 Å². The van der Waals surface area contributed by atoms with E-state index in [1.54, 1.807) is 46.8 Å². The Morgan fingerprint density at radius 1 is 1.09 bits per heavy atom. The first-order valence-electron chi connectivity index (χ1n) is 15.7. The first-order valence-corrected chi connectivity index (χ1v) is 16.6. The Balaban J connectivity index is 1.65. The van der Waals surface area contributed by atoms with E-state index in [1.807, 2.05) is 30.0 Å². The van der Waals surface area contributed by atoms with Crippen LogP contribution in [0.25, 0.3) is 0 Å². The molecule has 1 aromatic heterocycles. The van der Waals surface area contributed by atoms with Gasteiger partial charge in [-0.2, -0.15) is 10.5 Å². The van der Waals surface area contributed by atoms with Gasteiger partial charge in [0.2, 0.25) is 5.91 Å². The lowest BCUT2D eigenvalue weighted by Crippen LogP contribution is -2.47. The van der Waals surface area contributed by atoms with Gasteiger partial charge in [-0.05, 0) is 57.1 Å². The number of pyridine rings is 1. The highest BCUT2D eigenvalue weighted by Gasteiger charge is 2.30. The SMILES string of the molecule is CCc1c(C#N)c(S[C@H](C(N)=O)c2ccccc2)nc(N2CCC(OCCOC(=O)[C@@H](NC(=O)OC(C)(C)C)C(C)C)CC2)c1C#N. The first kappa shape index (κ1) is 37.1. The van der Waals surface area contributed by atoms with Gasteiger partial charge in [-0.1, -0.05) is 62.9 Å². The summed E-state index contributed by atoms with van der Waals surface area (Å²) in [6, 6.07) is 12.7. The van der Waals surface area contributed by atoms with Gasteiger partial charge in [-0.3, -0.25) is 4.79 Å². The molecule has 1 aliphatic rings. The Labute approximate surface area is 280 Å². The minimum Gasteiger partial charge on any atom is -0.462 e. The zero-order valence-electron chi connectivity index (χ0n) is 27.9. The van der Waals surface area contributed by atoms with Crippen molar-refractivity contribution in [3.05, 3.63) is 52.6 Å². The average molecular weight is 665 g/mol. The zero-order valence-corrected chi connectivity index (χ0v) is 28.7. The quantitative estimate of drug-likeness (QED) is 0.171. The molecule has 1 fully saturated rings. The number of hydrogen-bond donors (Lipinski definition) is 2. The molecule has 0 saturated carbocycles. The molecule has 1 saturated heterocycles. The first-order chi connectivity index (χ1) is 22.3. The van der Waals surface area contributed by atoms with Crippen LogP contribution >= 0.6 is 11.8 Å². The number of ether oxygens (including phenoxy) is 3. The molecule has 0 aliphatic carbocycles. The van der Waals surface area contributed by atoms with Crippen molar-refractivity contribution in [1.82, 2.24) is 10.3 Å². The molecular formula is C34H44N6O6S. The summed E-state index contributed by atoms with van der Waals surface area (Å²) in [6.45, 7) is 12.0. The number of nitriles is 2. The van der Waals surface area contributed by atoms with Crippen molar-refractivity contribution in [1.29, 1.82) is 10.5 Å². The van der Waals surface area contributed by atoms with Gasteiger partial charge in [-0.15, -0.1) is 0 Å². The number of primary amides is 1. The predicted octanol–water partition coefficient (Wildman–Crippen LogP) is 4.78. The van der Waals surface area contributed by atoms with Crippen LogP contribution in [0.15, 0.2) is 35.4 Å². The Kier molecular flexibility index (Phi) is 13.4. The van der Waals surface area contributed by atoms with E-state index in [2.05, 4.69) is 17.5 Å². The van der Waals surface area contributed by atoms with Crippen LogP contribution in [0.2, 0.25) is 0 Å². The maximum atomic E-state index is 12.7. The van der Waals surface area contributed by atoms with Gasteiger partial charge in [-0.25, -0.2) is 14.6 Å². The van der Waals surface area contributed by atoms with E-state index < -0.39 is 34.9 Å². The Bertz CT molecular complexity index is 1490. The van der Waals surface area contributed by atoms with Gasteiger partial charge in [0.05, 0.1) is 23.8 Å². The molecule has 2 aromatic rings. The van der Waals surface area contributed by atoms with Crippen LogP contribution < -0.4 is 16.0 Å². The molecule has 3 rings (SSSR count). The lowest BCUT2D eigenvalue weighted by Gasteiger charge is -2.34. The van der Waals surface area contributed by atoms with Crippen molar-refractivity contribution < 1.29 is 28.6 Å². The summed E-state index contributed by atoms with van der Waals surface area (Å²) < 4.78 is 16.7. The Morgan fingerprint density at radius 2 is 1.72 bits per heavy atom. The highest BCUT2D eigenvalue weighted by molar-refractivity contribution is 8.00. The fourth-order valence-electron chi connectivity index (χ4n) is 5.14. The maximum absolute atomic E-state index is 12.7. The molecule has 1 aromatic carbocycles. The minimum atomic E-state index is -0.857. The summed E-state index contributed by atoms with van der Waals surface area (Å²) in [4.78, 5) is 44.1. The van der Waals surface area contributed by atoms with E-state index in [4.69, 9.17) is 24.9 Å². The summed E-state index contributed by atoms with van der Waals surface area (Å²) in [5.41, 5.74) is 6.97. The number of carbonyl (C=O) groups is 3. The topological polar surface area (TPSA) is 181 Å². The normalized spacial score (nSPS) is 14.9. The molecule has 47 heavy (non-hydrogen) atoms. The van der Waals surface area contributed by atoms with E-state index in [9.17, 15) is 24.9 Å². The molecule has 1 aliphatic heterocycles. The Hall–Kier alpha value is -4.33. The lowest BCUT2D eigenvalue weighted by molar-refractivity contribution is -0.149. The van der Waals surface area contributed by atoms with Gasteiger partial charge in [0.15, 0.2) is 0 Å². The number of nitrogens with two attached hydrogens (primary N) is 1.